The van der Waals surface area contributed by atoms with E-state index in [9.17, 15) is 8.78 Å². The Morgan fingerprint density at radius 2 is 1.83 bits per heavy atom. The number of aromatic nitrogens is 3. The van der Waals surface area contributed by atoms with Crippen LogP contribution in [0.15, 0.2) is 66.3 Å². The molecule has 0 aliphatic carbocycles. The molecule has 122 valence electrons. The highest BCUT2D eigenvalue weighted by Crippen LogP contribution is 2.26. The van der Waals surface area contributed by atoms with Gasteiger partial charge in [0.25, 0.3) is 0 Å². The van der Waals surface area contributed by atoms with Gasteiger partial charge in [-0.05, 0) is 17.7 Å². The molecule has 1 heterocycles. The van der Waals surface area contributed by atoms with E-state index in [1.807, 2.05) is 34.9 Å². The summed E-state index contributed by atoms with van der Waals surface area (Å²) in [5.41, 5.74) is 1.65. The topological polar surface area (TPSA) is 30.7 Å². The Bertz CT molecular complexity index is 847. The Kier molecular flexibility index (Phi) is 5.05. The second-order valence-electron chi connectivity index (χ2n) is 5.11. The normalized spacial score (nSPS) is 10.8. The number of thioether (sulfide) groups is 1. The molecule has 3 rings (SSSR count). The van der Waals surface area contributed by atoms with Crippen LogP contribution in [0.4, 0.5) is 8.78 Å². The molecular weight excluding hydrogens is 328 g/mol. The maximum absolute atomic E-state index is 13.3. The van der Waals surface area contributed by atoms with Crippen LogP contribution in [0, 0.1) is 11.6 Å². The second-order valence-corrected chi connectivity index (χ2v) is 6.05. The summed E-state index contributed by atoms with van der Waals surface area (Å²) >= 11 is 1.42. The summed E-state index contributed by atoms with van der Waals surface area (Å²) in [6.45, 7) is 4.34. The maximum atomic E-state index is 13.3. The Morgan fingerprint density at radius 1 is 1.04 bits per heavy atom. The molecule has 0 aliphatic heterocycles. The van der Waals surface area contributed by atoms with Crippen molar-refractivity contribution in [2.75, 3.05) is 0 Å². The van der Waals surface area contributed by atoms with Gasteiger partial charge in [0.15, 0.2) is 22.6 Å². The zero-order valence-corrected chi connectivity index (χ0v) is 13.6. The fraction of sp³-hybridized carbons (Fsp3) is 0.111. The van der Waals surface area contributed by atoms with Crippen molar-refractivity contribution in [1.29, 1.82) is 0 Å². The quantitative estimate of drug-likeness (QED) is 0.480. The van der Waals surface area contributed by atoms with Gasteiger partial charge in [0.2, 0.25) is 0 Å². The SMILES string of the molecule is C=CCn1c(SCc2ccc(F)c(F)c2)nnc1-c1ccccc1. The van der Waals surface area contributed by atoms with Crippen molar-refractivity contribution in [1.82, 2.24) is 14.8 Å². The van der Waals surface area contributed by atoms with E-state index in [2.05, 4.69) is 16.8 Å². The van der Waals surface area contributed by atoms with Crippen LogP contribution in [-0.2, 0) is 12.3 Å². The zero-order valence-electron chi connectivity index (χ0n) is 12.8. The van der Waals surface area contributed by atoms with Crippen molar-refractivity contribution in [2.45, 2.75) is 17.5 Å². The minimum absolute atomic E-state index is 0.473. The van der Waals surface area contributed by atoms with E-state index in [0.29, 0.717) is 23.0 Å². The Morgan fingerprint density at radius 3 is 2.54 bits per heavy atom. The highest BCUT2D eigenvalue weighted by molar-refractivity contribution is 7.98. The number of hydrogen-bond donors (Lipinski definition) is 0. The van der Waals surface area contributed by atoms with E-state index < -0.39 is 11.6 Å². The second kappa shape index (κ2) is 7.40. The van der Waals surface area contributed by atoms with E-state index in [1.54, 1.807) is 12.1 Å². The molecule has 0 unspecified atom stereocenters. The molecule has 3 aromatic rings. The van der Waals surface area contributed by atoms with Crippen molar-refractivity contribution in [3.63, 3.8) is 0 Å². The van der Waals surface area contributed by atoms with Crippen molar-refractivity contribution in [2.24, 2.45) is 0 Å². The highest BCUT2D eigenvalue weighted by Gasteiger charge is 2.13. The molecule has 0 aliphatic rings. The van der Waals surface area contributed by atoms with E-state index in [0.717, 1.165) is 17.5 Å². The summed E-state index contributed by atoms with van der Waals surface area (Å²) in [7, 11) is 0. The van der Waals surface area contributed by atoms with Crippen molar-refractivity contribution >= 4 is 11.8 Å². The molecule has 24 heavy (non-hydrogen) atoms. The first kappa shape index (κ1) is 16.4. The van der Waals surface area contributed by atoms with Gasteiger partial charge in [-0.3, -0.25) is 4.57 Å². The lowest BCUT2D eigenvalue weighted by Crippen LogP contribution is -2.00. The zero-order chi connectivity index (χ0) is 16.9. The van der Waals surface area contributed by atoms with Gasteiger partial charge in [0.05, 0.1) is 0 Å². The third-order valence-corrected chi connectivity index (χ3v) is 4.45. The molecular formula is C18H15F2N3S. The van der Waals surface area contributed by atoms with Crippen LogP contribution in [0.25, 0.3) is 11.4 Å². The minimum Gasteiger partial charge on any atom is -0.298 e. The lowest BCUT2D eigenvalue weighted by molar-refractivity contribution is 0.507. The lowest BCUT2D eigenvalue weighted by Gasteiger charge is -2.08. The fourth-order valence-corrected chi connectivity index (χ4v) is 3.16. The molecule has 0 bridgehead atoms. The first-order valence-electron chi connectivity index (χ1n) is 7.35. The molecule has 0 saturated heterocycles. The van der Waals surface area contributed by atoms with Crippen LogP contribution in [0.1, 0.15) is 5.56 Å². The molecule has 0 radical (unpaired) electrons. The van der Waals surface area contributed by atoms with Gasteiger partial charge < -0.3 is 0 Å². The summed E-state index contributed by atoms with van der Waals surface area (Å²) in [6.07, 6.45) is 1.78. The molecule has 6 heteroatoms. The van der Waals surface area contributed by atoms with E-state index in [-0.39, 0.29) is 0 Å². The fourth-order valence-electron chi connectivity index (χ4n) is 2.27. The summed E-state index contributed by atoms with van der Waals surface area (Å²) in [5.74, 6) is -0.458. The van der Waals surface area contributed by atoms with Gasteiger partial charge in [-0.1, -0.05) is 54.2 Å². The largest absolute Gasteiger partial charge is 0.298 e. The first-order chi connectivity index (χ1) is 11.7. The summed E-state index contributed by atoms with van der Waals surface area (Å²) in [6, 6.07) is 13.7. The smallest absolute Gasteiger partial charge is 0.192 e. The molecule has 0 amide bonds. The molecule has 0 N–H and O–H groups in total. The standard InChI is InChI=1S/C18H15F2N3S/c1-2-10-23-17(14-6-4-3-5-7-14)21-22-18(23)24-12-13-8-9-15(19)16(20)11-13/h2-9,11H,1,10,12H2. The van der Waals surface area contributed by atoms with Crippen LogP contribution in [0.2, 0.25) is 0 Å². The lowest BCUT2D eigenvalue weighted by atomic mass is 10.2. The predicted octanol–water partition coefficient (Wildman–Crippen LogP) is 4.70. The predicted molar refractivity (Wildman–Crippen MR) is 91.6 cm³/mol. The van der Waals surface area contributed by atoms with Crippen LogP contribution < -0.4 is 0 Å². The van der Waals surface area contributed by atoms with Crippen molar-refractivity contribution in [3.8, 4) is 11.4 Å². The van der Waals surface area contributed by atoms with Gasteiger partial charge >= 0.3 is 0 Å². The monoisotopic (exact) mass is 343 g/mol. The maximum Gasteiger partial charge on any atom is 0.192 e. The number of halogens is 2. The molecule has 3 nitrogen and oxygen atoms in total. The number of rotatable bonds is 6. The number of benzene rings is 2. The van der Waals surface area contributed by atoms with Crippen molar-refractivity contribution in [3.05, 3.63) is 78.4 Å². The highest BCUT2D eigenvalue weighted by atomic mass is 32.2. The molecule has 0 saturated carbocycles. The van der Waals surface area contributed by atoms with Crippen LogP contribution in [0.3, 0.4) is 0 Å². The van der Waals surface area contributed by atoms with Gasteiger partial charge in [-0.2, -0.15) is 0 Å². The summed E-state index contributed by atoms with van der Waals surface area (Å²) in [4.78, 5) is 0. The molecule has 2 aromatic carbocycles. The third kappa shape index (κ3) is 3.54. The van der Waals surface area contributed by atoms with E-state index in [4.69, 9.17) is 0 Å². The van der Waals surface area contributed by atoms with Gasteiger partial charge in [-0.15, -0.1) is 16.8 Å². The molecule has 0 fully saturated rings. The van der Waals surface area contributed by atoms with E-state index in [1.165, 1.54) is 17.8 Å². The van der Waals surface area contributed by atoms with Crippen LogP contribution in [-0.4, -0.2) is 14.8 Å². The van der Waals surface area contributed by atoms with Crippen LogP contribution >= 0.6 is 11.8 Å². The van der Waals surface area contributed by atoms with Crippen LogP contribution in [0.5, 0.6) is 0 Å². The summed E-state index contributed by atoms with van der Waals surface area (Å²) in [5, 5.41) is 9.19. The molecule has 0 atom stereocenters. The summed E-state index contributed by atoms with van der Waals surface area (Å²) < 4.78 is 28.2. The Hall–Kier alpha value is -2.47. The molecule has 0 spiro atoms. The first-order valence-corrected chi connectivity index (χ1v) is 8.34. The van der Waals surface area contributed by atoms with Gasteiger partial charge in [0.1, 0.15) is 0 Å². The third-order valence-electron chi connectivity index (χ3n) is 3.41. The average Bonchev–Trinajstić information content (AvgIpc) is 3.00. The minimum atomic E-state index is -0.843. The number of nitrogens with zero attached hydrogens (tertiary/aromatic N) is 3. The number of hydrogen-bond acceptors (Lipinski definition) is 3. The van der Waals surface area contributed by atoms with Gasteiger partial charge in [-0.25, -0.2) is 8.78 Å². The van der Waals surface area contributed by atoms with Gasteiger partial charge in [0, 0.05) is 17.9 Å². The number of allylic oxidation sites excluding steroid dienone is 1. The Labute approximate surface area is 143 Å². The Balaban J connectivity index is 1.84. The van der Waals surface area contributed by atoms with Crippen molar-refractivity contribution < 1.29 is 8.78 Å². The average molecular weight is 343 g/mol. The molecule has 1 aromatic heterocycles. The van der Waals surface area contributed by atoms with E-state index >= 15 is 0 Å².